The van der Waals surface area contributed by atoms with Crippen LogP contribution in [0.15, 0.2) is 48.5 Å². The Morgan fingerprint density at radius 3 is 2.21 bits per heavy atom. The zero-order chi connectivity index (χ0) is 19.5. The first kappa shape index (κ1) is 19.0. The minimum atomic E-state index is -0.629. The van der Waals surface area contributed by atoms with Crippen LogP contribution in [0.25, 0.3) is 11.0 Å². The van der Waals surface area contributed by atoms with E-state index in [-0.39, 0.29) is 0 Å². The number of rotatable bonds is 6. The molecule has 3 aromatic rings. The van der Waals surface area contributed by atoms with E-state index in [1.807, 2.05) is 54.0 Å². The molecule has 4 rings (SSSR count). The first-order chi connectivity index (χ1) is 13.6. The van der Waals surface area contributed by atoms with E-state index < -0.39 is 6.10 Å². The minimum Gasteiger partial charge on any atom is -0.387 e. The van der Waals surface area contributed by atoms with E-state index in [9.17, 15) is 5.11 Å². The number of hydrogen-bond donors (Lipinski definition) is 2. The fourth-order valence-electron chi connectivity index (χ4n) is 4.20. The van der Waals surface area contributed by atoms with Gasteiger partial charge in [-0.3, -0.25) is 5.41 Å². The number of benzene rings is 2. The highest BCUT2D eigenvalue weighted by Crippen LogP contribution is 2.19. The number of nitrogens with zero attached hydrogens (tertiary/aromatic N) is 3. The summed E-state index contributed by atoms with van der Waals surface area (Å²) in [6.45, 7) is 6.55. The molecule has 0 aliphatic carbocycles. The van der Waals surface area contributed by atoms with Gasteiger partial charge in [0.2, 0.25) is 5.62 Å². The summed E-state index contributed by atoms with van der Waals surface area (Å²) in [5.41, 5.74) is 4.61. The lowest BCUT2D eigenvalue weighted by molar-refractivity contribution is 0.155. The molecule has 5 heteroatoms. The molecule has 1 unspecified atom stereocenters. The summed E-state index contributed by atoms with van der Waals surface area (Å²) < 4.78 is 4.03. The third-order valence-corrected chi connectivity index (χ3v) is 5.88. The number of para-hydroxylation sites is 2. The highest BCUT2D eigenvalue weighted by Gasteiger charge is 2.16. The van der Waals surface area contributed by atoms with Crippen molar-refractivity contribution in [2.24, 2.45) is 0 Å². The van der Waals surface area contributed by atoms with E-state index in [1.165, 1.54) is 37.9 Å². The van der Waals surface area contributed by atoms with Crippen molar-refractivity contribution in [2.75, 3.05) is 19.6 Å². The molecule has 0 radical (unpaired) electrons. The highest BCUT2D eigenvalue weighted by atomic mass is 16.3. The number of aliphatic hydroxyl groups excluding tert-OH is 1. The maximum absolute atomic E-state index is 10.8. The zero-order valence-electron chi connectivity index (χ0n) is 16.6. The number of hydrogen-bond acceptors (Lipinski definition) is 3. The van der Waals surface area contributed by atoms with Gasteiger partial charge in [0.1, 0.15) is 0 Å². The number of aromatic nitrogens is 2. The van der Waals surface area contributed by atoms with Gasteiger partial charge in [0.25, 0.3) is 0 Å². The van der Waals surface area contributed by atoms with Crippen molar-refractivity contribution in [3.8, 4) is 0 Å². The molecule has 1 saturated heterocycles. The molecule has 1 aliphatic heterocycles. The van der Waals surface area contributed by atoms with Crippen LogP contribution < -0.4 is 5.62 Å². The lowest BCUT2D eigenvalue weighted by Crippen LogP contribution is -2.35. The maximum Gasteiger partial charge on any atom is 0.203 e. The highest BCUT2D eigenvalue weighted by molar-refractivity contribution is 5.75. The van der Waals surface area contributed by atoms with Crippen LogP contribution in [0.1, 0.15) is 36.5 Å². The van der Waals surface area contributed by atoms with E-state index in [2.05, 4.69) is 15.5 Å². The van der Waals surface area contributed by atoms with Crippen LogP contribution in [-0.4, -0.2) is 38.8 Å². The Hall–Kier alpha value is -2.37. The van der Waals surface area contributed by atoms with Crippen molar-refractivity contribution >= 4 is 11.0 Å². The zero-order valence-corrected chi connectivity index (χ0v) is 16.6. The Morgan fingerprint density at radius 2 is 1.54 bits per heavy atom. The summed E-state index contributed by atoms with van der Waals surface area (Å²) in [6.07, 6.45) is 3.27. The van der Waals surface area contributed by atoms with Gasteiger partial charge in [-0.2, -0.15) is 0 Å². The summed E-state index contributed by atoms with van der Waals surface area (Å²) in [7, 11) is 0. The van der Waals surface area contributed by atoms with Gasteiger partial charge < -0.3 is 19.1 Å². The second kappa shape index (κ2) is 8.33. The average molecular weight is 379 g/mol. The molecule has 0 amide bonds. The van der Waals surface area contributed by atoms with E-state index in [0.717, 1.165) is 29.7 Å². The molecule has 2 N–H and O–H groups in total. The van der Waals surface area contributed by atoms with Gasteiger partial charge in [0, 0.05) is 13.1 Å². The molecule has 0 spiro atoms. The van der Waals surface area contributed by atoms with Crippen molar-refractivity contribution in [3.63, 3.8) is 0 Å². The summed E-state index contributed by atoms with van der Waals surface area (Å²) >= 11 is 0. The van der Waals surface area contributed by atoms with Crippen molar-refractivity contribution < 1.29 is 5.11 Å². The normalized spacial score (nSPS) is 16.5. The summed E-state index contributed by atoms with van der Waals surface area (Å²) in [5, 5.41) is 19.5. The third-order valence-electron chi connectivity index (χ3n) is 5.88. The molecule has 1 aliphatic rings. The van der Waals surface area contributed by atoms with Crippen LogP contribution in [0, 0.1) is 12.3 Å². The second-order valence-electron chi connectivity index (χ2n) is 7.90. The number of fused-ring (bicyclic) bond motifs is 1. The second-order valence-corrected chi connectivity index (χ2v) is 7.90. The number of likely N-dealkylation sites (tertiary alicyclic amines) is 1. The molecule has 0 saturated carbocycles. The minimum absolute atomic E-state index is 0.388. The van der Waals surface area contributed by atoms with Gasteiger partial charge >= 0.3 is 0 Å². The Balaban J connectivity index is 1.60. The van der Waals surface area contributed by atoms with Crippen LogP contribution in [0.3, 0.4) is 0 Å². The molecule has 1 aromatic heterocycles. The van der Waals surface area contributed by atoms with Crippen LogP contribution in [0.5, 0.6) is 0 Å². The number of aryl methyl sites for hydroxylation is 1. The standard InChI is InChI=1S/C23H30N4O/c1-18-9-11-19(12-10-18)22(28)17-27-21-8-4-3-7-20(21)26(23(27)24)16-15-25-13-5-2-6-14-25/h3-4,7-12,22,24,28H,2,5-6,13-17H2,1H3. The van der Waals surface area contributed by atoms with Crippen LogP contribution in [0.4, 0.5) is 0 Å². The molecule has 28 heavy (non-hydrogen) atoms. The SMILES string of the molecule is Cc1ccc(C(O)Cn2c(=N)n(CCN3CCCCC3)c3ccccc32)cc1. The number of piperidine rings is 1. The molecule has 148 valence electrons. The van der Waals surface area contributed by atoms with E-state index in [4.69, 9.17) is 5.41 Å². The molecule has 1 atom stereocenters. The molecule has 1 fully saturated rings. The van der Waals surface area contributed by atoms with E-state index >= 15 is 0 Å². The van der Waals surface area contributed by atoms with Crippen molar-refractivity contribution in [1.29, 1.82) is 5.41 Å². The number of nitrogens with one attached hydrogen (secondary N) is 1. The van der Waals surface area contributed by atoms with Gasteiger partial charge in [-0.05, 0) is 50.6 Å². The first-order valence-corrected chi connectivity index (χ1v) is 10.3. The van der Waals surface area contributed by atoms with Crippen molar-refractivity contribution in [1.82, 2.24) is 14.0 Å². The van der Waals surface area contributed by atoms with Gasteiger partial charge in [-0.25, -0.2) is 0 Å². The molecule has 5 nitrogen and oxygen atoms in total. The summed E-state index contributed by atoms with van der Waals surface area (Å²) in [4.78, 5) is 2.50. The first-order valence-electron chi connectivity index (χ1n) is 10.3. The Morgan fingerprint density at radius 1 is 0.893 bits per heavy atom. The summed E-state index contributed by atoms with van der Waals surface area (Å²) in [6, 6.07) is 16.1. The van der Waals surface area contributed by atoms with Crippen molar-refractivity contribution in [3.05, 3.63) is 65.3 Å². The van der Waals surface area contributed by atoms with Crippen molar-refractivity contribution in [2.45, 2.75) is 45.4 Å². The predicted octanol–water partition coefficient (Wildman–Crippen LogP) is 3.45. The fourth-order valence-corrected chi connectivity index (χ4v) is 4.20. The van der Waals surface area contributed by atoms with Gasteiger partial charge in [0.15, 0.2) is 0 Å². The molecule has 0 bridgehead atoms. The average Bonchev–Trinajstić information content (AvgIpc) is 2.99. The molecular formula is C23H30N4O. The van der Waals surface area contributed by atoms with E-state index in [1.54, 1.807) is 0 Å². The van der Waals surface area contributed by atoms with Gasteiger partial charge in [-0.1, -0.05) is 48.4 Å². The molecule has 2 aromatic carbocycles. The van der Waals surface area contributed by atoms with Crippen LogP contribution in [-0.2, 0) is 13.1 Å². The lowest BCUT2D eigenvalue weighted by Gasteiger charge is -2.26. The van der Waals surface area contributed by atoms with E-state index in [0.29, 0.717) is 12.2 Å². The van der Waals surface area contributed by atoms with Gasteiger partial charge in [0.05, 0.1) is 23.7 Å². The maximum atomic E-state index is 10.8. The fraction of sp³-hybridized carbons (Fsp3) is 0.435. The smallest absolute Gasteiger partial charge is 0.203 e. The Labute approximate surface area is 166 Å². The third kappa shape index (κ3) is 3.91. The Bertz CT molecular complexity index is 980. The predicted molar refractivity (Wildman–Crippen MR) is 112 cm³/mol. The number of aliphatic hydroxyl groups is 1. The molecular weight excluding hydrogens is 348 g/mol. The number of imidazole rings is 1. The topological polar surface area (TPSA) is 57.2 Å². The van der Waals surface area contributed by atoms with Crippen LogP contribution in [0.2, 0.25) is 0 Å². The van der Waals surface area contributed by atoms with Crippen LogP contribution >= 0.6 is 0 Å². The Kier molecular flexibility index (Phi) is 5.64. The largest absolute Gasteiger partial charge is 0.387 e. The van der Waals surface area contributed by atoms with Gasteiger partial charge in [-0.15, -0.1) is 0 Å². The quantitative estimate of drug-likeness (QED) is 0.690. The lowest BCUT2D eigenvalue weighted by atomic mass is 10.1. The molecule has 2 heterocycles. The monoisotopic (exact) mass is 378 g/mol. The summed E-state index contributed by atoms with van der Waals surface area (Å²) in [5.74, 6) is 0.